The first-order valence-electron chi connectivity index (χ1n) is 7.57. The van der Waals surface area contributed by atoms with E-state index in [-0.39, 0.29) is 11.8 Å². The summed E-state index contributed by atoms with van der Waals surface area (Å²) in [4.78, 5) is 26.1. The summed E-state index contributed by atoms with van der Waals surface area (Å²) in [5, 5.41) is 6.22. The van der Waals surface area contributed by atoms with Gasteiger partial charge in [0.2, 0.25) is 11.8 Å². The lowest BCUT2D eigenvalue weighted by atomic mass is 9.74. The van der Waals surface area contributed by atoms with Crippen molar-refractivity contribution in [3.05, 3.63) is 0 Å². The summed E-state index contributed by atoms with van der Waals surface area (Å²) in [6, 6.07) is -0.469. The van der Waals surface area contributed by atoms with Crippen molar-refractivity contribution in [1.82, 2.24) is 15.5 Å². The molecule has 1 fully saturated rings. The standard InChI is InChI=1S/C15H29N3O2/c1-6-18(5)13(19)11(2)17-14(20)15(3,4)12-8-7-9-16-10-12/h11-12,16H,6-10H2,1-5H3,(H,17,20). The Labute approximate surface area is 122 Å². The minimum atomic E-state index is -0.469. The fourth-order valence-electron chi connectivity index (χ4n) is 2.58. The quantitative estimate of drug-likeness (QED) is 0.791. The SMILES string of the molecule is CCN(C)C(=O)C(C)NC(=O)C(C)(C)C1CCCNC1. The molecular weight excluding hydrogens is 254 g/mol. The van der Waals surface area contributed by atoms with E-state index in [9.17, 15) is 9.59 Å². The Morgan fingerprint density at radius 1 is 1.45 bits per heavy atom. The smallest absolute Gasteiger partial charge is 0.244 e. The third-order valence-electron chi connectivity index (χ3n) is 4.47. The van der Waals surface area contributed by atoms with Gasteiger partial charge in [-0.05, 0) is 45.7 Å². The van der Waals surface area contributed by atoms with Crippen molar-refractivity contribution in [2.75, 3.05) is 26.7 Å². The molecule has 0 aromatic rings. The number of nitrogens with one attached hydrogen (secondary N) is 2. The highest BCUT2D eigenvalue weighted by Gasteiger charge is 2.38. The summed E-state index contributed by atoms with van der Waals surface area (Å²) < 4.78 is 0. The van der Waals surface area contributed by atoms with Crippen molar-refractivity contribution in [3.63, 3.8) is 0 Å². The number of piperidine rings is 1. The Bertz CT molecular complexity index is 349. The van der Waals surface area contributed by atoms with Crippen molar-refractivity contribution >= 4 is 11.8 Å². The third kappa shape index (κ3) is 3.95. The van der Waals surface area contributed by atoms with Crippen LogP contribution in [0.25, 0.3) is 0 Å². The van der Waals surface area contributed by atoms with Crippen LogP contribution in [0, 0.1) is 11.3 Å². The highest BCUT2D eigenvalue weighted by atomic mass is 16.2. The topological polar surface area (TPSA) is 61.4 Å². The van der Waals surface area contributed by atoms with Gasteiger partial charge >= 0.3 is 0 Å². The summed E-state index contributed by atoms with van der Waals surface area (Å²) in [6.45, 7) is 10.2. The highest BCUT2D eigenvalue weighted by Crippen LogP contribution is 2.32. The minimum Gasteiger partial charge on any atom is -0.344 e. The van der Waals surface area contributed by atoms with Crippen molar-refractivity contribution in [1.29, 1.82) is 0 Å². The molecule has 2 atom stereocenters. The average Bonchev–Trinajstić information content (AvgIpc) is 2.46. The molecule has 0 aliphatic carbocycles. The number of amides is 2. The van der Waals surface area contributed by atoms with Gasteiger partial charge in [-0.25, -0.2) is 0 Å². The van der Waals surface area contributed by atoms with Gasteiger partial charge in [0, 0.05) is 19.0 Å². The molecule has 2 amide bonds. The van der Waals surface area contributed by atoms with Gasteiger partial charge in [0.1, 0.15) is 6.04 Å². The maximum Gasteiger partial charge on any atom is 0.244 e. The number of carbonyl (C=O) groups excluding carboxylic acids is 2. The molecule has 0 saturated carbocycles. The van der Waals surface area contributed by atoms with Crippen LogP contribution in [0.1, 0.15) is 40.5 Å². The molecule has 5 heteroatoms. The summed E-state index contributed by atoms with van der Waals surface area (Å²) in [5.74, 6) is 0.248. The van der Waals surface area contributed by atoms with Crippen molar-refractivity contribution < 1.29 is 9.59 Å². The lowest BCUT2D eigenvalue weighted by Crippen LogP contribution is -2.52. The first kappa shape index (κ1) is 17.0. The van der Waals surface area contributed by atoms with Crippen molar-refractivity contribution in [2.24, 2.45) is 11.3 Å². The predicted octanol–water partition coefficient (Wildman–Crippen LogP) is 0.995. The van der Waals surface area contributed by atoms with Crippen molar-refractivity contribution in [2.45, 2.75) is 46.6 Å². The third-order valence-corrected chi connectivity index (χ3v) is 4.47. The van der Waals surface area contributed by atoms with E-state index in [0.717, 1.165) is 25.9 Å². The zero-order valence-electron chi connectivity index (χ0n) is 13.5. The number of nitrogens with zero attached hydrogens (tertiary/aromatic N) is 1. The van der Waals surface area contributed by atoms with Crippen LogP contribution in [0.5, 0.6) is 0 Å². The Morgan fingerprint density at radius 2 is 2.10 bits per heavy atom. The fourth-order valence-corrected chi connectivity index (χ4v) is 2.58. The monoisotopic (exact) mass is 283 g/mol. The van der Waals surface area contributed by atoms with Crippen LogP contribution in [0.3, 0.4) is 0 Å². The van der Waals surface area contributed by atoms with Crippen LogP contribution >= 0.6 is 0 Å². The van der Waals surface area contributed by atoms with Crippen molar-refractivity contribution in [3.8, 4) is 0 Å². The molecule has 1 heterocycles. The fraction of sp³-hybridized carbons (Fsp3) is 0.867. The Hall–Kier alpha value is -1.10. The number of carbonyl (C=O) groups is 2. The zero-order valence-corrected chi connectivity index (χ0v) is 13.5. The molecule has 0 spiro atoms. The van der Waals surface area contributed by atoms with Gasteiger partial charge in [0.05, 0.1) is 0 Å². The second-order valence-corrected chi connectivity index (χ2v) is 6.31. The molecule has 2 unspecified atom stereocenters. The van der Waals surface area contributed by atoms with Crippen LogP contribution < -0.4 is 10.6 Å². The van der Waals surface area contributed by atoms with E-state index in [1.54, 1.807) is 18.9 Å². The number of rotatable bonds is 5. The van der Waals surface area contributed by atoms with Gasteiger partial charge in [-0.15, -0.1) is 0 Å². The highest BCUT2D eigenvalue weighted by molar-refractivity contribution is 5.89. The lowest BCUT2D eigenvalue weighted by Gasteiger charge is -2.36. The number of hydrogen-bond acceptors (Lipinski definition) is 3. The van der Waals surface area contributed by atoms with E-state index in [2.05, 4.69) is 10.6 Å². The van der Waals surface area contributed by atoms with Gasteiger partial charge in [-0.3, -0.25) is 9.59 Å². The van der Waals surface area contributed by atoms with Gasteiger partial charge in [0.15, 0.2) is 0 Å². The van der Waals surface area contributed by atoms with E-state index in [1.165, 1.54) is 0 Å². The molecule has 1 aliphatic heterocycles. The molecule has 0 aromatic carbocycles. The Kier molecular flexibility index (Phi) is 5.99. The molecule has 20 heavy (non-hydrogen) atoms. The maximum atomic E-state index is 12.5. The summed E-state index contributed by atoms with van der Waals surface area (Å²) in [5.41, 5.74) is -0.452. The van der Waals surface area contributed by atoms with Crippen LogP contribution in [-0.4, -0.2) is 49.4 Å². The second kappa shape index (κ2) is 7.07. The molecule has 1 aliphatic rings. The molecule has 2 N–H and O–H groups in total. The normalized spacial score (nSPS) is 21.1. The molecule has 1 rings (SSSR count). The minimum absolute atomic E-state index is 0.0310. The molecule has 0 radical (unpaired) electrons. The molecule has 5 nitrogen and oxygen atoms in total. The van der Waals surface area contributed by atoms with E-state index in [1.807, 2.05) is 20.8 Å². The predicted molar refractivity (Wildman–Crippen MR) is 80.3 cm³/mol. The molecule has 0 aromatic heterocycles. The van der Waals surface area contributed by atoms with E-state index < -0.39 is 11.5 Å². The van der Waals surface area contributed by atoms with Gasteiger partial charge in [-0.2, -0.15) is 0 Å². The molecular formula is C15H29N3O2. The van der Waals surface area contributed by atoms with Crippen LogP contribution in [0.15, 0.2) is 0 Å². The average molecular weight is 283 g/mol. The van der Waals surface area contributed by atoms with Crippen LogP contribution in [0.2, 0.25) is 0 Å². The zero-order chi connectivity index (χ0) is 15.3. The van der Waals surface area contributed by atoms with Gasteiger partial charge < -0.3 is 15.5 Å². The maximum absolute atomic E-state index is 12.5. The van der Waals surface area contributed by atoms with Gasteiger partial charge in [-0.1, -0.05) is 13.8 Å². The summed E-state index contributed by atoms with van der Waals surface area (Å²) >= 11 is 0. The van der Waals surface area contributed by atoms with Crippen LogP contribution in [0.4, 0.5) is 0 Å². The second-order valence-electron chi connectivity index (χ2n) is 6.31. The lowest BCUT2D eigenvalue weighted by molar-refractivity contribution is -0.139. The first-order chi connectivity index (χ1) is 9.30. The van der Waals surface area contributed by atoms with E-state index in [0.29, 0.717) is 12.5 Å². The Morgan fingerprint density at radius 3 is 2.60 bits per heavy atom. The summed E-state index contributed by atoms with van der Waals surface area (Å²) in [6.07, 6.45) is 2.17. The molecule has 0 bridgehead atoms. The van der Waals surface area contributed by atoms with Crippen LogP contribution in [-0.2, 0) is 9.59 Å². The van der Waals surface area contributed by atoms with Gasteiger partial charge in [0.25, 0.3) is 0 Å². The first-order valence-corrected chi connectivity index (χ1v) is 7.57. The van der Waals surface area contributed by atoms with E-state index in [4.69, 9.17) is 0 Å². The Balaban J connectivity index is 2.62. The molecule has 116 valence electrons. The number of hydrogen-bond donors (Lipinski definition) is 2. The number of likely N-dealkylation sites (N-methyl/N-ethyl adjacent to an activating group) is 1. The largest absolute Gasteiger partial charge is 0.344 e. The summed E-state index contributed by atoms with van der Waals surface area (Å²) in [7, 11) is 1.75. The van der Waals surface area contributed by atoms with E-state index >= 15 is 0 Å². The molecule has 1 saturated heterocycles.